The Morgan fingerprint density at radius 2 is 2.57 bits per heavy atom. The fraction of sp³-hybridized carbons (Fsp3) is 1.00. The van der Waals surface area contributed by atoms with Crippen molar-refractivity contribution in [2.45, 2.75) is 25.4 Å². The first-order chi connectivity index (χ1) is 3.34. The van der Waals surface area contributed by atoms with Gasteiger partial charge in [0, 0.05) is 18.6 Å². The molecule has 0 unspecified atom stereocenters. The smallest absolute Gasteiger partial charge is 0.0321 e. The first kappa shape index (κ1) is 5.06. The SMILES string of the molecule is CC[C@@H]1NC[C@@H]1N. The second-order valence-electron chi connectivity index (χ2n) is 2.09. The zero-order valence-corrected chi connectivity index (χ0v) is 4.65. The lowest BCUT2D eigenvalue weighted by atomic mass is 9.99. The van der Waals surface area contributed by atoms with Crippen molar-refractivity contribution in [1.82, 2.24) is 5.32 Å². The summed E-state index contributed by atoms with van der Waals surface area (Å²) in [5.41, 5.74) is 5.57. The van der Waals surface area contributed by atoms with Crippen molar-refractivity contribution < 1.29 is 0 Å². The predicted molar refractivity (Wildman–Crippen MR) is 30.1 cm³/mol. The van der Waals surface area contributed by atoms with Gasteiger partial charge in [-0.3, -0.25) is 0 Å². The minimum Gasteiger partial charge on any atom is -0.325 e. The molecule has 0 aliphatic carbocycles. The maximum absolute atomic E-state index is 5.57. The molecule has 1 saturated heterocycles. The van der Waals surface area contributed by atoms with Crippen LogP contribution >= 0.6 is 0 Å². The van der Waals surface area contributed by atoms with Gasteiger partial charge in [0.15, 0.2) is 0 Å². The third-order valence-electron chi connectivity index (χ3n) is 1.57. The maximum Gasteiger partial charge on any atom is 0.0321 e. The van der Waals surface area contributed by atoms with E-state index in [9.17, 15) is 0 Å². The predicted octanol–water partition coefficient (Wildman–Crippen LogP) is -0.305. The van der Waals surface area contributed by atoms with Crippen LogP contribution < -0.4 is 11.1 Å². The summed E-state index contributed by atoms with van der Waals surface area (Å²) in [4.78, 5) is 0. The third kappa shape index (κ3) is 0.763. The number of nitrogens with two attached hydrogens (primary N) is 1. The largest absolute Gasteiger partial charge is 0.325 e. The fourth-order valence-electron chi connectivity index (χ4n) is 0.868. The van der Waals surface area contributed by atoms with Crippen LogP contribution in [0.5, 0.6) is 0 Å². The van der Waals surface area contributed by atoms with Crippen molar-refractivity contribution in [2.24, 2.45) is 5.73 Å². The second kappa shape index (κ2) is 1.80. The minimum atomic E-state index is 0.435. The van der Waals surface area contributed by atoms with E-state index in [-0.39, 0.29) is 0 Å². The topological polar surface area (TPSA) is 38.0 Å². The van der Waals surface area contributed by atoms with E-state index in [0.717, 1.165) is 6.54 Å². The Morgan fingerprint density at radius 3 is 2.57 bits per heavy atom. The molecule has 0 aromatic carbocycles. The summed E-state index contributed by atoms with van der Waals surface area (Å²) >= 11 is 0. The van der Waals surface area contributed by atoms with Crippen LogP contribution in [0, 0.1) is 0 Å². The van der Waals surface area contributed by atoms with E-state index in [1.165, 1.54) is 6.42 Å². The van der Waals surface area contributed by atoms with Crippen molar-refractivity contribution in [1.29, 1.82) is 0 Å². The highest BCUT2D eigenvalue weighted by atomic mass is 15.1. The van der Waals surface area contributed by atoms with Gasteiger partial charge < -0.3 is 11.1 Å². The fourth-order valence-corrected chi connectivity index (χ4v) is 0.868. The van der Waals surface area contributed by atoms with Gasteiger partial charge in [-0.05, 0) is 6.42 Å². The Balaban J connectivity index is 2.16. The lowest BCUT2D eigenvalue weighted by Gasteiger charge is -2.34. The zero-order chi connectivity index (χ0) is 5.28. The molecular weight excluding hydrogens is 88.1 g/mol. The van der Waals surface area contributed by atoms with Crippen molar-refractivity contribution in [3.05, 3.63) is 0 Å². The number of hydrogen-bond acceptors (Lipinski definition) is 2. The summed E-state index contributed by atoms with van der Waals surface area (Å²) < 4.78 is 0. The van der Waals surface area contributed by atoms with Gasteiger partial charge in [0.1, 0.15) is 0 Å². The maximum atomic E-state index is 5.57. The Bertz CT molecular complexity index is 61.1. The van der Waals surface area contributed by atoms with Gasteiger partial charge >= 0.3 is 0 Å². The molecule has 0 amide bonds. The zero-order valence-electron chi connectivity index (χ0n) is 4.65. The van der Waals surface area contributed by atoms with Gasteiger partial charge in [-0.25, -0.2) is 0 Å². The molecule has 0 radical (unpaired) electrons. The van der Waals surface area contributed by atoms with Gasteiger partial charge in [-0.2, -0.15) is 0 Å². The first-order valence-electron chi connectivity index (χ1n) is 2.83. The quantitative estimate of drug-likeness (QED) is 0.474. The molecule has 0 saturated carbocycles. The molecule has 0 spiro atoms. The average molecular weight is 100 g/mol. The molecule has 42 valence electrons. The Kier molecular flexibility index (Phi) is 1.30. The standard InChI is InChI=1S/C5H12N2/c1-2-5-4(6)3-7-5/h4-5,7H,2-3,6H2,1H3/t4-,5-/m0/s1. The highest BCUT2D eigenvalue weighted by Crippen LogP contribution is 2.03. The highest BCUT2D eigenvalue weighted by molar-refractivity contribution is 4.89. The van der Waals surface area contributed by atoms with Crippen LogP contribution in [0.1, 0.15) is 13.3 Å². The van der Waals surface area contributed by atoms with E-state index >= 15 is 0 Å². The van der Waals surface area contributed by atoms with E-state index in [0.29, 0.717) is 12.1 Å². The third-order valence-corrected chi connectivity index (χ3v) is 1.57. The van der Waals surface area contributed by atoms with Gasteiger partial charge in [-0.1, -0.05) is 6.92 Å². The van der Waals surface area contributed by atoms with Crippen LogP contribution in [-0.4, -0.2) is 18.6 Å². The summed E-state index contributed by atoms with van der Waals surface area (Å²) in [6.45, 7) is 3.16. The molecule has 1 fully saturated rings. The lowest BCUT2D eigenvalue weighted by Crippen LogP contribution is -2.61. The van der Waals surface area contributed by atoms with Gasteiger partial charge in [-0.15, -0.1) is 0 Å². The monoisotopic (exact) mass is 100 g/mol. The Labute approximate surface area is 44.1 Å². The molecule has 0 aromatic rings. The molecule has 2 heteroatoms. The van der Waals surface area contributed by atoms with Crippen molar-refractivity contribution >= 4 is 0 Å². The molecule has 3 N–H and O–H groups in total. The molecule has 1 rings (SSSR count). The van der Waals surface area contributed by atoms with Crippen molar-refractivity contribution in [3.63, 3.8) is 0 Å². The van der Waals surface area contributed by atoms with Crippen molar-refractivity contribution in [3.8, 4) is 0 Å². The average Bonchev–Trinajstić information content (AvgIpc) is 1.65. The van der Waals surface area contributed by atoms with Crippen molar-refractivity contribution in [2.75, 3.05) is 6.54 Å². The molecular formula is C5H12N2. The molecule has 0 bridgehead atoms. The minimum absolute atomic E-state index is 0.435. The summed E-state index contributed by atoms with van der Waals surface area (Å²) in [5, 5.41) is 3.22. The molecule has 2 nitrogen and oxygen atoms in total. The second-order valence-corrected chi connectivity index (χ2v) is 2.09. The molecule has 1 aliphatic rings. The summed E-state index contributed by atoms with van der Waals surface area (Å²) in [7, 11) is 0. The van der Waals surface area contributed by atoms with E-state index in [4.69, 9.17) is 5.73 Å². The number of rotatable bonds is 1. The Morgan fingerprint density at radius 1 is 1.86 bits per heavy atom. The Hall–Kier alpha value is -0.0800. The van der Waals surface area contributed by atoms with E-state index in [1.54, 1.807) is 0 Å². The molecule has 7 heavy (non-hydrogen) atoms. The van der Waals surface area contributed by atoms with Crippen LogP contribution in [0.15, 0.2) is 0 Å². The van der Waals surface area contributed by atoms with E-state index in [2.05, 4.69) is 12.2 Å². The van der Waals surface area contributed by atoms with Gasteiger partial charge in [0.05, 0.1) is 0 Å². The summed E-state index contributed by atoms with van der Waals surface area (Å²) in [6, 6.07) is 1.05. The van der Waals surface area contributed by atoms with Crippen LogP contribution in [0.3, 0.4) is 0 Å². The van der Waals surface area contributed by atoms with E-state index < -0.39 is 0 Å². The normalized spacial score (nSPS) is 40.3. The number of hydrogen-bond donors (Lipinski definition) is 2. The van der Waals surface area contributed by atoms with Gasteiger partial charge in [0.25, 0.3) is 0 Å². The van der Waals surface area contributed by atoms with Crippen LogP contribution in [0.25, 0.3) is 0 Å². The highest BCUT2D eigenvalue weighted by Gasteiger charge is 2.23. The first-order valence-corrected chi connectivity index (χ1v) is 2.83. The molecule has 0 aromatic heterocycles. The lowest BCUT2D eigenvalue weighted by molar-refractivity contribution is 0.304. The van der Waals surface area contributed by atoms with Crippen LogP contribution in [-0.2, 0) is 0 Å². The summed E-state index contributed by atoms with van der Waals surface area (Å²) in [6.07, 6.45) is 1.17. The molecule has 1 heterocycles. The molecule has 1 aliphatic heterocycles. The summed E-state index contributed by atoms with van der Waals surface area (Å²) in [5.74, 6) is 0. The molecule has 2 atom stereocenters. The van der Waals surface area contributed by atoms with E-state index in [1.807, 2.05) is 0 Å². The van der Waals surface area contributed by atoms with Gasteiger partial charge in [0.2, 0.25) is 0 Å². The van der Waals surface area contributed by atoms with Crippen LogP contribution in [0.4, 0.5) is 0 Å². The van der Waals surface area contributed by atoms with Crippen LogP contribution in [0.2, 0.25) is 0 Å². The number of nitrogens with one attached hydrogen (secondary N) is 1.